The van der Waals surface area contributed by atoms with Crippen molar-refractivity contribution >= 4 is 11.9 Å². The van der Waals surface area contributed by atoms with Crippen LogP contribution in [0.5, 0.6) is 0 Å². The summed E-state index contributed by atoms with van der Waals surface area (Å²) in [6.07, 6.45) is 15.6. The molecular formula is C32H57NO4. The highest BCUT2D eigenvalue weighted by Crippen LogP contribution is 2.41. The first kappa shape index (κ1) is 30.4. The molecule has 0 amide bonds. The fourth-order valence-electron chi connectivity index (χ4n) is 7.16. The zero-order valence-electron chi connectivity index (χ0n) is 24.9. The second-order valence-electron chi connectivity index (χ2n) is 13.5. The van der Waals surface area contributed by atoms with E-state index in [4.69, 9.17) is 9.47 Å². The molecule has 0 aromatic heterocycles. The van der Waals surface area contributed by atoms with Gasteiger partial charge in [-0.15, -0.1) is 0 Å². The first-order chi connectivity index (χ1) is 17.6. The Balaban J connectivity index is 1.33. The van der Waals surface area contributed by atoms with Crippen LogP contribution in [-0.4, -0.2) is 48.7 Å². The minimum Gasteiger partial charge on any atom is -0.465 e. The van der Waals surface area contributed by atoms with E-state index >= 15 is 0 Å². The summed E-state index contributed by atoms with van der Waals surface area (Å²) in [7, 11) is 2.12. The maximum atomic E-state index is 12.9. The Morgan fingerprint density at radius 3 is 1.97 bits per heavy atom. The number of hydrogen-bond donors (Lipinski definition) is 0. The lowest BCUT2D eigenvalue weighted by Crippen LogP contribution is -2.43. The number of rotatable bonds is 11. The molecule has 1 atom stereocenters. The summed E-state index contributed by atoms with van der Waals surface area (Å²) < 4.78 is 11.8. The third-order valence-corrected chi connectivity index (χ3v) is 10.5. The van der Waals surface area contributed by atoms with Crippen LogP contribution in [0.1, 0.15) is 125 Å². The summed E-state index contributed by atoms with van der Waals surface area (Å²) in [5, 5.41) is 0. The highest BCUT2D eigenvalue weighted by Gasteiger charge is 2.35. The Morgan fingerprint density at radius 1 is 0.865 bits per heavy atom. The van der Waals surface area contributed by atoms with Crippen molar-refractivity contribution in [1.82, 2.24) is 4.90 Å². The van der Waals surface area contributed by atoms with Crippen LogP contribution in [-0.2, 0) is 19.1 Å². The summed E-state index contributed by atoms with van der Waals surface area (Å²) in [6, 6.07) is 0. The van der Waals surface area contributed by atoms with Gasteiger partial charge >= 0.3 is 11.9 Å². The fourth-order valence-corrected chi connectivity index (χ4v) is 7.16. The Hall–Kier alpha value is -1.10. The Bertz CT molecular complexity index is 698. The van der Waals surface area contributed by atoms with E-state index in [2.05, 4.69) is 46.6 Å². The van der Waals surface area contributed by atoms with Crippen molar-refractivity contribution in [3.05, 3.63) is 0 Å². The molecule has 3 saturated carbocycles. The van der Waals surface area contributed by atoms with Gasteiger partial charge in [0.1, 0.15) is 6.10 Å². The standard InChI is InChI=1S/C32H57NO4/c1-7-25(21-32(4,5)33(6)8-2)30(34)36-22-24-11-15-28(16-12-24)31(35)37-29-19-17-27(18-20-29)26-13-9-23(3)10-14-26/h23-29H,7-22H2,1-6H3. The van der Waals surface area contributed by atoms with Gasteiger partial charge in [-0.2, -0.15) is 0 Å². The monoisotopic (exact) mass is 519 g/mol. The molecule has 214 valence electrons. The van der Waals surface area contributed by atoms with Crippen LogP contribution in [0.15, 0.2) is 0 Å². The lowest BCUT2D eigenvalue weighted by atomic mass is 9.71. The predicted molar refractivity (Wildman–Crippen MR) is 150 cm³/mol. The van der Waals surface area contributed by atoms with E-state index in [0.29, 0.717) is 12.5 Å². The van der Waals surface area contributed by atoms with Crippen molar-refractivity contribution in [2.24, 2.45) is 35.5 Å². The number of esters is 2. The number of ether oxygens (including phenoxy) is 2. The second kappa shape index (κ2) is 14.3. The third kappa shape index (κ3) is 8.97. The van der Waals surface area contributed by atoms with Crippen LogP contribution in [0.3, 0.4) is 0 Å². The van der Waals surface area contributed by atoms with Gasteiger partial charge in [-0.25, -0.2) is 0 Å². The lowest BCUT2D eigenvalue weighted by Gasteiger charge is -2.37. The molecule has 0 bridgehead atoms. The van der Waals surface area contributed by atoms with Crippen molar-refractivity contribution in [2.75, 3.05) is 20.2 Å². The van der Waals surface area contributed by atoms with Crippen molar-refractivity contribution in [1.29, 1.82) is 0 Å². The molecule has 37 heavy (non-hydrogen) atoms. The summed E-state index contributed by atoms with van der Waals surface area (Å²) in [5.41, 5.74) is -0.0271. The molecule has 0 aliphatic heterocycles. The van der Waals surface area contributed by atoms with Crippen LogP contribution >= 0.6 is 0 Å². The molecule has 0 spiro atoms. The van der Waals surface area contributed by atoms with E-state index in [9.17, 15) is 9.59 Å². The van der Waals surface area contributed by atoms with Gasteiger partial charge in [0, 0.05) is 5.54 Å². The molecule has 0 radical (unpaired) electrons. The van der Waals surface area contributed by atoms with Crippen LogP contribution in [0.2, 0.25) is 0 Å². The fraction of sp³-hybridized carbons (Fsp3) is 0.938. The average molecular weight is 520 g/mol. The molecule has 3 rings (SSSR count). The number of nitrogens with zero attached hydrogens (tertiary/aromatic N) is 1. The Kier molecular flexibility index (Phi) is 11.8. The number of carbonyl (C=O) groups is 2. The zero-order chi connectivity index (χ0) is 27.0. The normalized spacial score (nSPS) is 32.1. The van der Waals surface area contributed by atoms with Gasteiger partial charge in [-0.3, -0.25) is 9.59 Å². The molecular weight excluding hydrogens is 462 g/mol. The molecule has 3 aliphatic carbocycles. The molecule has 0 saturated heterocycles. The highest BCUT2D eigenvalue weighted by atomic mass is 16.5. The molecule has 0 aromatic carbocycles. The van der Waals surface area contributed by atoms with Crippen molar-refractivity contribution in [2.45, 2.75) is 136 Å². The van der Waals surface area contributed by atoms with Crippen LogP contribution in [0, 0.1) is 35.5 Å². The van der Waals surface area contributed by atoms with Crippen LogP contribution < -0.4 is 0 Å². The topological polar surface area (TPSA) is 55.8 Å². The summed E-state index contributed by atoms with van der Waals surface area (Å²) in [5.74, 6) is 2.98. The van der Waals surface area contributed by atoms with Gasteiger partial charge in [-0.1, -0.05) is 33.6 Å². The molecule has 1 unspecified atom stereocenters. The second-order valence-corrected chi connectivity index (χ2v) is 13.5. The Morgan fingerprint density at radius 2 is 1.43 bits per heavy atom. The smallest absolute Gasteiger partial charge is 0.309 e. The largest absolute Gasteiger partial charge is 0.465 e. The molecule has 3 aliphatic rings. The summed E-state index contributed by atoms with van der Waals surface area (Å²) in [4.78, 5) is 28.0. The molecule has 5 heteroatoms. The van der Waals surface area contributed by atoms with Gasteiger partial charge in [-0.05, 0) is 128 Å². The first-order valence-electron chi connectivity index (χ1n) is 15.7. The predicted octanol–water partition coefficient (Wildman–Crippen LogP) is 7.41. The van der Waals surface area contributed by atoms with Gasteiger partial charge in [0.15, 0.2) is 0 Å². The van der Waals surface area contributed by atoms with Crippen LogP contribution in [0.25, 0.3) is 0 Å². The lowest BCUT2D eigenvalue weighted by molar-refractivity contribution is -0.159. The van der Waals surface area contributed by atoms with Gasteiger partial charge in [0.05, 0.1) is 18.4 Å². The molecule has 0 N–H and O–H groups in total. The number of carbonyl (C=O) groups excluding carboxylic acids is 2. The van der Waals surface area contributed by atoms with E-state index in [0.717, 1.165) is 75.7 Å². The first-order valence-corrected chi connectivity index (χ1v) is 15.7. The molecule has 0 aromatic rings. The third-order valence-electron chi connectivity index (χ3n) is 10.5. The van der Waals surface area contributed by atoms with Crippen molar-refractivity contribution in [3.8, 4) is 0 Å². The van der Waals surface area contributed by atoms with E-state index in [-0.39, 0.29) is 35.4 Å². The Labute approximate surface area is 227 Å². The SMILES string of the molecule is CCC(CC(C)(C)N(C)CC)C(=O)OCC1CCC(C(=O)OC2CCC(C3CCC(C)CC3)CC2)CC1. The van der Waals surface area contributed by atoms with Gasteiger partial charge < -0.3 is 14.4 Å². The minimum absolute atomic E-state index is 0.0262. The van der Waals surface area contributed by atoms with Crippen molar-refractivity contribution < 1.29 is 19.1 Å². The van der Waals surface area contributed by atoms with E-state index in [1.165, 1.54) is 38.5 Å². The van der Waals surface area contributed by atoms with E-state index in [1.54, 1.807) is 0 Å². The van der Waals surface area contributed by atoms with E-state index in [1.807, 2.05) is 0 Å². The number of hydrogen-bond acceptors (Lipinski definition) is 5. The quantitative estimate of drug-likeness (QED) is 0.266. The summed E-state index contributed by atoms with van der Waals surface area (Å²) >= 11 is 0. The molecule has 5 nitrogen and oxygen atoms in total. The van der Waals surface area contributed by atoms with Gasteiger partial charge in [0.2, 0.25) is 0 Å². The van der Waals surface area contributed by atoms with E-state index < -0.39 is 0 Å². The van der Waals surface area contributed by atoms with Gasteiger partial charge in [0.25, 0.3) is 0 Å². The average Bonchev–Trinajstić information content (AvgIpc) is 2.91. The summed E-state index contributed by atoms with van der Waals surface area (Å²) in [6.45, 7) is 12.5. The van der Waals surface area contributed by atoms with Crippen LogP contribution in [0.4, 0.5) is 0 Å². The maximum absolute atomic E-state index is 12.9. The molecule has 0 heterocycles. The minimum atomic E-state index is -0.0629. The highest BCUT2D eigenvalue weighted by molar-refractivity contribution is 5.73. The van der Waals surface area contributed by atoms with Crippen molar-refractivity contribution in [3.63, 3.8) is 0 Å². The molecule has 3 fully saturated rings. The zero-order valence-corrected chi connectivity index (χ0v) is 24.9. The maximum Gasteiger partial charge on any atom is 0.309 e.